The monoisotopic (exact) mass is 263 g/mol. The van der Waals surface area contributed by atoms with Crippen LogP contribution >= 0.6 is 0 Å². The van der Waals surface area contributed by atoms with Gasteiger partial charge in [0.05, 0.1) is 6.04 Å². The van der Waals surface area contributed by atoms with Crippen LogP contribution < -0.4 is 10.1 Å². The molecule has 0 aliphatic heterocycles. The molecule has 0 saturated carbocycles. The lowest BCUT2D eigenvalue weighted by Gasteiger charge is -2.11. The van der Waals surface area contributed by atoms with E-state index in [2.05, 4.69) is 30.9 Å². The third kappa shape index (κ3) is 5.57. The molecule has 0 bridgehead atoms. The highest BCUT2D eigenvalue weighted by Gasteiger charge is 2.08. The van der Waals surface area contributed by atoms with Crippen molar-refractivity contribution in [3.05, 3.63) is 42.5 Å². The predicted molar refractivity (Wildman–Crippen MR) is 77.0 cm³/mol. The van der Waals surface area contributed by atoms with E-state index in [0.717, 1.165) is 17.7 Å². The van der Waals surface area contributed by atoms with Crippen molar-refractivity contribution < 1.29 is 15.3 Å². The number of hydrogen-bond donors (Lipinski definition) is 2. The Hall–Kier alpha value is -1.81. The fraction of sp³-hybridized carbons (Fsp3) is 0.400. The number of para-hydroxylation sites is 1. The van der Waals surface area contributed by atoms with Gasteiger partial charge in [0.2, 0.25) is 0 Å². The molecule has 0 heterocycles. The van der Waals surface area contributed by atoms with E-state index in [1.165, 1.54) is 0 Å². The summed E-state index contributed by atoms with van der Waals surface area (Å²) in [6, 6.07) is 8.29. The molecule has 0 saturated heterocycles. The molecule has 1 aromatic carbocycles. The van der Waals surface area contributed by atoms with Gasteiger partial charge in [-0.15, -0.1) is 6.58 Å². The van der Waals surface area contributed by atoms with Gasteiger partial charge in [0.15, 0.2) is 0 Å². The first-order valence-corrected chi connectivity index (χ1v) is 6.52. The Morgan fingerprint density at radius 2 is 2.21 bits per heavy atom. The summed E-state index contributed by atoms with van der Waals surface area (Å²) in [6.07, 6.45) is 2.61. The maximum Gasteiger partial charge on any atom is 0.148 e. The molecule has 0 aliphatic carbocycles. The molecule has 1 aromatic rings. The zero-order valence-corrected chi connectivity index (χ0v) is 11.7. The highest BCUT2D eigenvalue weighted by Crippen LogP contribution is 2.18. The van der Waals surface area contributed by atoms with E-state index in [9.17, 15) is 0 Å². The Morgan fingerprint density at radius 3 is 2.84 bits per heavy atom. The van der Waals surface area contributed by atoms with Crippen molar-refractivity contribution in [3.63, 3.8) is 0 Å². The van der Waals surface area contributed by atoms with E-state index in [-0.39, 0.29) is 0 Å². The lowest BCUT2D eigenvalue weighted by molar-refractivity contribution is -0.670. The second kappa shape index (κ2) is 8.32. The van der Waals surface area contributed by atoms with Gasteiger partial charge >= 0.3 is 0 Å². The molecule has 0 aromatic heterocycles. The van der Waals surface area contributed by atoms with Crippen molar-refractivity contribution in [2.45, 2.75) is 26.3 Å². The van der Waals surface area contributed by atoms with Crippen LogP contribution in [0.25, 0.3) is 0 Å². The standard InChI is InChI=1S/C15H22N2O2/c1-4-7-13-8-5-6-9-15(13)19-11-14(17-18)10-16-12(2)3/h4-6,8-9,12,16,18H,1,7,10-11H2,2-3H3/p+1/b17-14-. The Balaban J connectivity index is 2.57. The second-order valence-electron chi connectivity index (χ2n) is 4.74. The zero-order valence-electron chi connectivity index (χ0n) is 11.7. The van der Waals surface area contributed by atoms with Gasteiger partial charge in [-0.3, -0.25) is 0 Å². The molecule has 0 spiro atoms. The number of quaternary nitrogens is 1. The molecule has 0 amide bonds. The number of ether oxygens (including phenoxy) is 1. The molecule has 104 valence electrons. The van der Waals surface area contributed by atoms with Crippen LogP contribution in [0.4, 0.5) is 0 Å². The summed E-state index contributed by atoms with van der Waals surface area (Å²) in [6.45, 7) is 8.85. The predicted octanol–water partition coefficient (Wildman–Crippen LogP) is 1.60. The van der Waals surface area contributed by atoms with E-state index in [0.29, 0.717) is 24.9 Å². The van der Waals surface area contributed by atoms with Gasteiger partial charge in [-0.1, -0.05) is 29.4 Å². The Bertz CT molecular complexity index is 428. The van der Waals surface area contributed by atoms with Gasteiger partial charge in [-0.25, -0.2) is 0 Å². The maximum absolute atomic E-state index is 8.96. The summed E-state index contributed by atoms with van der Waals surface area (Å²) in [4.78, 5) is 0. The highest BCUT2D eigenvalue weighted by molar-refractivity contribution is 5.86. The number of hydrogen-bond acceptors (Lipinski definition) is 3. The number of rotatable bonds is 8. The molecule has 4 heteroatoms. The number of benzene rings is 1. The SMILES string of the molecule is C=CCc1ccccc1OC/C(C[NH2+]C(C)C)=N\O. The van der Waals surface area contributed by atoms with Crippen molar-refractivity contribution in [1.29, 1.82) is 0 Å². The molecule has 0 radical (unpaired) electrons. The minimum Gasteiger partial charge on any atom is -0.487 e. The molecule has 0 unspecified atom stereocenters. The number of nitrogens with two attached hydrogens (primary N) is 1. The quantitative estimate of drug-likeness (QED) is 0.324. The molecule has 0 fully saturated rings. The summed E-state index contributed by atoms with van der Waals surface area (Å²) in [5.74, 6) is 0.813. The lowest BCUT2D eigenvalue weighted by Crippen LogP contribution is -2.90. The van der Waals surface area contributed by atoms with Crippen LogP contribution in [0.15, 0.2) is 42.1 Å². The van der Waals surface area contributed by atoms with Gasteiger partial charge in [-0.2, -0.15) is 0 Å². The summed E-state index contributed by atoms with van der Waals surface area (Å²) >= 11 is 0. The van der Waals surface area contributed by atoms with E-state index >= 15 is 0 Å². The van der Waals surface area contributed by atoms with Crippen molar-refractivity contribution in [1.82, 2.24) is 0 Å². The van der Waals surface area contributed by atoms with Crippen LogP contribution in [-0.2, 0) is 6.42 Å². The largest absolute Gasteiger partial charge is 0.487 e. The average molecular weight is 263 g/mol. The van der Waals surface area contributed by atoms with Gasteiger partial charge in [0.1, 0.15) is 24.6 Å². The average Bonchev–Trinajstić information content (AvgIpc) is 2.40. The summed E-state index contributed by atoms with van der Waals surface area (Å²) < 4.78 is 5.72. The minimum atomic E-state index is 0.299. The molecular weight excluding hydrogens is 240 g/mol. The van der Waals surface area contributed by atoms with E-state index < -0.39 is 0 Å². The minimum absolute atomic E-state index is 0.299. The van der Waals surface area contributed by atoms with Crippen LogP contribution in [0.3, 0.4) is 0 Å². The molecule has 3 N–H and O–H groups in total. The Labute approximate surface area is 114 Å². The molecule has 0 atom stereocenters. The Kier molecular flexibility index (Phi) is 6.68. The van der Waals surface area contributed by atoms with E-state index in [4.69, 9.17) is 9.94 Å². The first-order valence-electron chi connectivity index (χ1n) is 6.52. The van der Waals surface area contributed by atoms with Crippen LogP contribution in [0.5, 0.6) is 5.75 Å². The fourth-order valence-corrected chi connectivity index (χ4v) is 1.63. The van der Waals surface area contributed by atoms with Gasteiger partial charge in [0.25, 0.3) is 0 Å². The van der Waals surface area contributed by atoms with Crippen molar-refractivity contribution >= 4 is 5.71 Å². The molecule has 1 rings (SSSR count). The third-order valence-corrected chi connectivity index (χ3v) is 2.70. The van der Waals surface area contributed by atoms with Gasteiger partial charge in [0, 0.05) is 0 Å². The van der Waals surface area contributed by atoms with Crippen molar-refractivity contribution in [2.75, 3.05) is 13.2 Å². The van der Waals surface area contributed by atoms with Gasteiger partial charge in [-0.05, 0) is 31.9 Å². The van der Waals surface area contributed by atoms with E-state index in [1.54, 1.807) is 0 Å². The number of nitrogens with zero attached hydrogens (tertiary/aromatic N) is 1. The van der Waals surface area contributed by atoms with Crippen molar-refractivity contribution in [3.8, 4) is 5.75 Å². The topological polar surface area (TPSA) is 58.4 Å². The van der Waals surface area contributed by atoms with Crippen LogP contribution in [-0.4, -0.2) is 30.1 Å². The fourth-order valence-electron chi connectivity index (χ4n) is 1.63. The van der Waals surface area contributed by atoms with Crippen LogP contribution in [0, 0.1) is 0 Å². The van der Waals surface area contributed by atoms with Crippen LogP contribution in [0.2, 0.25) is 0 Å². The molecule has 19 heavy (non-hydrogen) atoms. The zero-order chi connectivity index (χ0) is 14.1. The number of allylic oxidation sites excluding steroid dienone is 1. The number of oxime groups is 1. The smallest absolute Gasteiger partial charge is 0.148 e. The first-order chi connectivity index (χ1) is 9.17. The van der Waals surface area contributed by atoms with Crippen molar-refractivity contribution in [2.24, 2.45) is 5.16 Å². The second-order valence-corrected chi connectivity index (χ2v) is 4.74. The van der Waals surface area contributed by atoms with Crippen LogP contribution in [0.1, 0.15) is 19.4 Å². The summed E-state index contributed by atoms with van der Waals surface area (Å²) in [5, 5.41) is 14.3. The first kappa shape index (κ1) is 15.2. The molecule has 0 aliphatic rings. The molecule has 4 nitrogen and oxygen atoms in total. The normalized spacial score (nSPS) is 11.6. The summed E-state index contributed by atoms with van der Waals surface area (Å²) in [7, 11) is 0. The maximum atomic E-state index is 8.96. The molecular formula is C15H23N2O2+. The summed E-state index contributed by atoms with van der Waals surface area (Å²) in [5.41, 5.74) is 1.71. The highest BCUT2D eigenvalue weighted by atomic mass is 16.5. The van der Waals surface area contributed by atoms with Gasteiger partial charge < -0.3 is 15.3 Å². The Morgan fingerprint density at radius 1 is 1.47 bits per heavy atom. The van der Waals surface area contributed by atoms with E-state index in [1.807, 2.05) is 30.3 Å². The third-order valence-electron chi connectivity index (χ3n) is 2.70. The lowest BCUT2D eigenvalue weighted by atomic mass is 10.1.